The molecular formula is C17H21KN2O6S3. The van der Waals surface area contributed by atoms with E-state index < -0.39 is 25.0 Å². The van der Waals surface area contributed by atoms with Gasteiger partial charge in [0.1, 0.15) is 15.9 Å². The Morgan fingerprint density at radius 3 is 2.38 bits per heavy atom. The fourth-order valence-electron chi connectivity index (χ4n) is 3.16. The maximum atomic E-state index is 12.1. The largest absolute Gasteiger partial charge is 1.00 e. The van der Waals surface area contributed by atoms with Crippen molar-refractivity contribution in [2.75, 3.05) is 5.32 Å². The summed E-state index contributed by atoms with van der Waals surface area (Å²) in [6, 6.07) is 5.60. The van der Waals surface area contributed by atoms with E-state index in [9.17, 15) is 21.4 Å². The van der Waals surface area contributed by atoms with Gasteiger partial charge in [-0.05, 0) is 37.1 Å². The molecule has 1 aromatic heterocycles. The Hall–Kier alpha value is 0.106. The van der Waals surface area contributed by atoms with Crippen molar-refractivity contribution in [3.63, 3.8) is 0 Å². The van der Waals surface area contributed by atoms with Gasteiger partial charge >= 0.3 is 51.4 Å². The molecule has 0 bridgehead atoms. The molecule has 154 valence electrons. The molecule has 0 aliphatic heterocycles. The van der Waals surface area contributed by atoms with E-state index in [1.807, 2.05) is 0 Å². The van der Waals surface area contributed by atoms with Gasteiger partial charge in [-0.15, -0.1) is 11.8 Å². The SMILES string of the molecule is NS(=O)(=O)c1cc(S(=O)(=O)[O-])c(NCc2ccco2)cc1SC1CCCCC1.[K+]. The van der Waals surface area contributed by atoms with Crippen molar-refractivity contribution in [1.82, 2.24) is 0 Å². The van der Waals surface area contributed by atoms with Gasteiger partial charge in [-0.1, -0.05) is 19.3 Å². The molecule has 0 amide bonds. The molecule has 1 aliphatic carbocycles. The van der Waals surface area contributed by atoms with E-state index in [0.29, 0.717) is 10.7 Å². The molecular weight excluding hydrogens is 463 g/mol. The molecule has 0 unspecified atom stereocenters. The van der Waals surface area contributed by atoms with Crippen LogP contribution in [0.3, 0.4) is 0 Å². The van der Waals surface area contributed by atoms with Crippen LogP contribution < -0.4 is 61.8 Å². The van der Waals surface area contributed by atoms with Crippen LogP contribution in [0, 0.1) is 0 Å². The number of nitrogens with two attached hydrogens (primary N) is 1. The zero-order valence-corrected chi connectivity index (χ0v) is 21.5. The van der Waals surface area contributed by atoms with Crippen molar-refractivity contribution in [3.05, 3.63) is 36.3 Å². The summed E-state index contributed by atoms with van der Waals surface area (Å²) in [5.74, 6) is 0.534. The minimum Gasteiger partial charge on any atom is -0.744 e. The van der Waals surface area contributed by atoms with Crippen molar-refractivity contribution in [1.29, 1.82) is 0 Å². The van der Waals surface area contributed by atoms with Gasteiger partial charge in [-0.3, -0.25) is 0 Å². The predicted octanol–water partition coefficient (Wildman–Crippen LogP) is -0.128. The van der Waals surface area contributed by atoms with E-state index in [0.717, 1.165) is 38.2 Å². The number of furan rings is 1. The van der Waals surface area contributed by atoms with Crippen molar-refractivity contribution in [3.8, 4) is 0 Å². The quantitative estimate of drug-likeness (QED) is 0.409. The average Bonchev–Trinajstić information content (AvgIpc) is 3.12. The number of hydrogen-bond acceptors (Lipinski definition) is 8. The average molecular weight is 485 g/mol. The van der Waals surface area contributed by atoms with Gasteiger partial charge in [0.25, 0.3) is 0 Å². The number of hydrogen-bond donors (Lipinski definition) is 2. The Morgan fingerprint density at radius 2 is 1.83 bits per heavy atom. The molecule has 3 N–H and O–H groups in total. The van der Waals surface area contributed by atoms with Crippen LogP contribution in [0.15, 0.2) is 49.6 Å². The van der Waals surface area contributed by atoms with Crippen LogP contribution in [0.1, 0.15) is 37.9 Å². The summed E-state index contributed by atoms with van der Waals surface area (Å²) in [4.78, 5) is -0.666. The molecule has 1 heterocycles. The number of sulfonamides is 1. The van der Waals surface area contributed by atoms with Crippen LogP contribution in [0.2, 0.25) is 0 Å². The van der Waals surface area contributed by atoms with Crippen molar-refractivity contribution in [2.24, 2.45) is 5.14 Å². The summed E-state index contributed by atoms with van der Waals surface area (Å²) in [5, 5.41) is 8.37. The summed E-state index contributed by atoms with van der Waals surface area (Å²) in [6.45, 7) is 0.137. The van der Waals surface area contributed by atoms with Crippen LogP contribution >= 0.6 is 11.8 Å². The smallest absolute Gasteiger partial charge is 0.744 e. The van der Waals surface area contributed by atoms with Crippen molar-refractivity contribution < 1.29 is 77.2 Å². The van der Waals surface area contributed by atoms with Gasteiger partial charge in [-0.2, -0.15) is 0 Å². The molecule has 0 atom stereocenters. The monoisotopic (exact) mass is 484 g/mol. The third-order valence-corrected chi connectivity index (χ3v) is 7.85. The molecule has 1 saturated carbocycles. The Kier molecular flexibility index (Phi) is 9.29. The molecule has 1 fully saturated rings. The predicted molar refractivity (Wildman–Crippen MR) is 105 cm³/mol. The molecule has 29 heavy (non-hydrogen) atoms. The standard InChI is InChI=1S/C17H22N2O6S3.K/c18-27(20,21)17-10-16(28(22,23)24)14(19-11-12-5-4-8-25-12)9-15(17)26-13-6-2-1-3-7-13;/h4-5,8-10,13,19H,1-3,6-7,11H2,(H2,18,20,21)(H,22,23,24);/q;+1/p-1. The van der Waals surface area contributed by atoms with E-state index in [1.54, 1.807) is 12.1 Å². The summed E-state index contributed by atoms with van der Waals surface area (Å²) < 4.78 is 64.5. The van der Waals surface area contributed by atoms with E-state index in [2.05, 4.69) is 5.32 Å². The molecule has 2 aromatic rings. The second-order valence-electron chi connectivity index (χ2n) is 6.61. The number of rotatable bonds is 7. The van der Waals surface area contributed by atoms with Gasteiger partial charge in [0, 0.05) is 10.1 Å². The fraction of sp³-hybridized carbons (Fsp3) is 0.412. The number of thioether (sulfide) groups is 1. The fourth-order valence-corrected chi connectivity index (χ4v) is 6.30. The first-order chi connectivity index (χ1) is 13.1. The molecule has 8 nitrogen and oxygen atoms in total. The third-order valence-electron chi connectivity index (χ3n) is 4.50. The number of primary sulfonamides is 1. The van der Waals surface area contributed by atoms with E-state index in [-0.39, 0.29) is 73.8 Å². The van der Waals surface area contributed by atoms with Gasteiger partial charge in [0.05, 0.1) is 28.3 Å². The van der Waals surface area contributed by atoms with Gasteiger partial charge in [0.15, 0.2) is 0 Å². The topological polar surface area (TPSA) is 143 Å². The summed E-state index contributed by atoms with van der Waals surface area (Å²) in [7, 11) is -9.14. The van der Waals surface area contributed by atoms with Gasteiger partial charge < -0.3 is 14.3 Å². The molecule has 0 radical (unpaired) electrons. The minimum absolute atomic E-state index is 0. The van der Waals surface area contributed by atoms with Crippen LogP contribution in [0.25, 0.3) is 0 Å². The third kappa shape index (κ3) is 7.06. The van der Waals surface area contributed by atoms with E-state index in [1.165, 1.54) is 24.1 Å². The normalized spacial score (nSPS) is 15.7. The Balaban J connectivity index is 0.00000300. The molecule has 12 heteroatoms. The zero-order valence-electron chi connectivity index (χ0n) is 16.0. The maximum Gasteiger partial charge on any atom is 1.00 e. The zero-order chi connectivity index (χ0) is 20.4. The Morgan fingerprint density at radius 1 is 1.14 bits per heavy atom. The second kappa shape index (κ2) is 10.6. The van der Waals surface area contributed by atoms with Crippen molar-refractivity contribution >= 4 is 37.6 Å². The number of benzene rings is 1. The van der Waals surface area contributed by atoms with Crippen molar-refractivity contribution in [2.45, 2.75) is 58.6 Å². The molecule has 1 aromatic carbocycles. The minimum atomic E-state index is -4.93. The number of nitrogens with one attached hydrogen (secondary N) is 1. The Bertz CT molecular complexity index is 1030. The molecule has 3 rings (SSSR count). The van der Waals surface area contributed by atoms with Gasteiger partial charge in [0.2, 0.25) is 10.0 Å². The first-order valence-electron chi connectivity index (χ1n) is 8.74. The van der Waals surface area contributed by atoms with Crippen LogP contribution in [-0.2, 0) is 26.7 Å². The van der Waals surface area contributed by atoms with Crippen LogP contribution in [0.4, 0.5) is 5.69 Å². The molecule has 0 spiro atoms. The first kappa shape index (κ1) is 25.4. The van der Waals surface area contributed by atoms with Gasteiger partial charge in [-0.25, -0.2) is 22.0 Å². The summed E-state index contributed by atoms with van der Waals surface area (Å²) >= 11 is 1.36. The summed E-state index contributed by atoms with van der Waals surface area (Å²) in [6.07, 6.45) is 6.59. The maximum absolute atomic E-state index is 12.1. The van der Waals surface area contributed by atoms with E-state index in [4.69, 9.17) is 9.56 Å². The Labute approximate surface area is 217 Å². The molecule has 0 saturated heterocycles. The van der Waals surface area contributed by atoms with E-state index >= 15 is 0 Å². The molecule has 1 aliphatic rings. The van der Waals surface area contributed by atoms with Crippen LogP contribution in [0.5, 0.6) is 0 Å². The van der Waals surface area contributed by atoms with Crippen LogP contribution in [-0.4, -0.2) is 26.6 Å². The second-order valence-corrected chi connectivity index (χ2v) is 10.8. The summed E-state index contributed by atoms with van der Waals surface area (Å²) in [5.41, 5.74) is 0.0251. The number of anilines is 1. The first-order valence-corrected chi connectivity index (χ1v) is 12.6.